The average Bonchev–Trinajstić information content (AvgIpc) is 3.01. The van der Waals surface area contributed by atoms with Gasteiger partial charge in [-0.15, -0.1) is 0 Å². The fourth-order valence-electron chi connectivity index (χ4n) is 3.81. The van der Waals surface area contributed by atoms with Gasteiger partial charge in [0.05, 0.1) is 20.3 Å². The number of benzene rings is 2. The fourth-order valence-corrected chi connectivity index (χ4v) is 3.81. The van der Waals surface area contributed by atoms with Gasteiger partial charge in [0.2, 0.25) is 0 Å². The van der Waals surface area contributed by atoms with Crippen LogP contribution in [0.1, 0.15) is 34.0 Å². The van der Waals surface area contributed by atoms with Gasteiger partial charge < -0.3 is 19.8 Å². The number of aromatic amines is 1. The summed E-state index contributed by atoms with van der Waals surface area (Å²) in [7, 11) is 3.46. The van der Waals surface area contributed by atoms with Crippen LogP contribution in [0.3, 0.4) is 0 Å². The lowest BCUT2D eigenvalue weighted by molar-refractivity contribution is 0.401. The topological polar surface area (TPSA) is 46.3 Å². The number of ether oxygens (including phenoxy) is 2. The quantitative estimate of drug-likeness (QED) is 0.759. The molecule has 2 heterocycles. The first kappa shape index (κ1) is 16.0. The van der Waals surface area contributed by atoms with Crippen molar-refractivity contribution in [2.24, 2.45) is 0 Å². The fraction of sp³-hybridized carbons (Fsp3) is 0.333. The van der Waals surface area contributed by atoms with E-state index in [1.165, 1.54) is 33.3 Å². The van der Waals surface area contributed by atoms with Crippen molar-refractivity contribution in [1.82, 2.24) is 10.3 Å². The predicted octanol–water partition coefficient (Wildman–Crippen LogP) is 4.04. The van der Waals surface area contributed by atoms with Crippen molar-refractivity contribution in [2.45, 2.75) is 26.3 Å². The highest BCUT2D eigenvalue weighted by molar-refractivity contribution is 5.86. The summed E-state index contributed by atoms with van der Waals surface area (Å²) in [5, 5.41) is 4.91. The zero-order valence-corrected chi connectivity index (χ0v) is 15.2. The largest absolute Gasteiger partial charge is 0.497 e. The van der Waals surface area contributed by atoms with Crippen molar-refractivity contribution >= 4 is 10.9 Å². The molecular weight excluding hydrogens is 312 g/mol. The molecule has 2 N–H and O–H groups in total. The number of nitrogens with one attached hydrogen (secondary N) is 2. The molecule has 0 saturated carbocycles. The lowest BCUT2D eigenvalue weighted by Gasteiger charge is -2.27. The summed E-state index contributed by atoms with van der Waals surface area (Å²) in [5.41, 5.74) is 7.47. The summed E-state index contributed by atoms with van der Waals surface area (Å²) in [6.45, 7) is 5.21. The Bertz CT molecular complexity index is 943. The summed E-state index contributed by atoms with van der Waals surface area (Å²) in [4.78, 5) is 3.63. The Morgan fingerprint density at radius 3 is 2.56 bits per heavy atom. The van der Waals surface area contributed by atoms with Crippen LogP contribution in [-0.4, -0.2) is 25.7 Å². The van der Waals surface area contributed by atoms with E-state index in [1.54, 1.807) is 14.2 Å². The Labute approximate surface area is 148 Å². The molecule has 1 aliphatic heterocycles. The smallest absolute Gasteiger partial charge is 0.124 e. The lowest BCUT2D eigenvalue weighted by Crippen LogP contribution is -2.30. The average molecular weight is 336 g/mol. The molecule has 130 valence electrons. The van der Waals surface area contributed by atoms with Gasteiger partial charge in [0.1, 0.15) is 11.5 Å². The SMILES string of the molecule is COc1ccc2[nH]c3c(c2c1)CCNC3c1cc(C)c(C)cc1OC. The molecule has 2 aromatic carbocycles. The molecule has 4 nitrogen and oxygen atoms in total. The highest BCUT2D eigenvalue weighted by Crippen LogP contribution is 2.38. The molecule has 0 fully saturated rings. The highest BCUT2D eigenvalue weighted by atomic mass is 16.5. The molecule has 0 aliphatic carbocycles. The maximum absolute atomic E-state index is 5.69. The van der Waals surface area contributed by atoms with Crippen molar-refractivity contribution in [3.8, 4) is 11.5 Å². The van der Waals surface area contributed by atoms with E-state index in [4.69, 9.17) is 9.47 Å². The first-order chi connectivity index (χ1) is 12.1. The second-order valence-electron chi connectivity index (χ2n) is 6.74. The molecule has 0 radical (unpaired) electrons. The summed E-state index contributed by atoms with van der Waals surface area (Å²) in [5.74, 6) is 1.83. The number of H-pyrrole nitrogens is 1. The molecule has 4 heteroatoms. The maximum atomic E-state index is 5.69. The van der Waals surface area contributed by atoms with Gasteiger partial charge in [-0.25, -0.2) is 0 Å². The van der Waals surface area contributed by atoms with Crippen LogP contribution in [0.5, 0.6) is 11.5 Å². The van der Waals surface area contributed by atoms with E-state index in [9.17, 15) is 0 Å². The normalized spacial score (nSPS) is 16.7. The summed E-state index contributed by atoms with van der Waals surface area (Å²) >= 11 is 0. The Hall–Kier alpha value is -2.46. The van der Waals surface area contributed by atoms with Crippen LogP contribution in [0, 0.1) is 13.8 Å². The van der Waals surface area contributed by atoms with Crippen molar-refractivity contribution in [1.29, 1.82) is 0 Å². The number of methoxy groups -OCH3 is 2. The number of hydrogen-bond acceptors (Lipinski definition) is 3. The Kier molecular flexibility index (Phi) is 3.92. The van der Waals surface area contributed by atoms with Crippen LogP contribution in [0.25, 0.3) is 10.9 Å². The van der Waals surface area contributed by atoms with Gasteiger partial charge in [-0.1, -0.05) is 6.07 Å². The van der Waals surface area contributed by atoms with Crippen molar-refractivity contribution in [2.75, 3.05) is 20.8 Å². The molecule has 3 aromatic rings. The number of hydrogen-bond donors (Lipinski definition) is 2. The Morgan fingerprint density at radius 2 is 1.80 bits per heavy atom. The Morgan fingerprint density at radius 1 is 1.00 bits per heavy atom. The van der Waals surface area contributed by atoms with Crippen molar-refractivity contribution in [3.05, 3.63) is 58.3 Å². The highest BCUT2D eigenvalue weighted by Gasteiger charge is 2.27. The van der Waals surface area contributed by atoms with Crippen LogP contribution < -0.4 is 14.8 Å². The van der Waals surface area contributed by atoms with Gasteiger partial charge >= 0.3 is 0 Å². The monoisotopic (exact) mass is 336 g/mol. The molecule has 0 amide bonds. The first-order valence-corrected chi connectivity index (χ1v) is 8.69. The second-order valence-corrected chi connectivity index (χ2v) is 6.74. The van der Waals surface area contributed by atoms with Crippen LogP contribution in [0.4, 0.5) is 0 Å². The Balaban J connectivity index is 1.89. The van der Waals surface area contributed by atoms with E-state index >= 15 is 0 Å². The number of aryl methyl sites for hydroxylation is 2. The van der Waals surface area contributed by atoms with Crippen LogP contribution in [0.2, 0.25) is 0 Å². The standard InChI is InChI=1S/C21H24N2O2/c1-12-9-17(19(25-4)10-13(12)2)20-21-15(7-8-22-20)16-11-14(24-3)5-6-18(16)23-21/h5-6,9-11,20,22-23H,7-8H2,1-4H3. The van der Waals surface area contributed by atoms with E-state index in [2.05, 4.69) is 48.4 Å². The lowest BCUT2D eigenvalue weighted by atomic mass is 9.92. The minimum Gasteiger partial charge on any atom is -0.497 e. The minimum absolute atomic E-state index is 0.108. The van der Waals surface area contributed by atoms with Crippen LogP contribution >= 0.6 is 0 Å². The third kappa shape index (κ3) is 2.57. The van der Waals surface area contributed by atoms with Crippen molar-refractivity contribution in [3.63, 3.8) is 0 Å². The van der Waals surface area contributed by atoms with Gasteiger partial charge in [0, 0.05) is 28.7 Å². The van der Waals surface area contributed by atoms with E-state index < -0.39 is 0 Å². The van der Waals surface area contributed by atoms with Gasteiger partial charge in [0.25, 0.3) is 0 Å². The van der Waals surface area contributed by atoms with Crippen molar-refractivity contribution < 1.29 is 9.47 Å². The molecular formula is C21H24N2O2. The summed E-state index contributed by atoms with van der Waals surface area (Å²) < 4.78 is 11.1. The predicted molar refractivity (Wildman–Crippen MR) is 101 cm³/mol. The molecule has 1 unspecified atom stereocenters. The number of aromatic nitrogens is 1. The molecule has 0 spiro atoms. The molecule has 4 rings (SSSR count). The van der Waals surface area contributed by atoms with E-state index in [0.717, 1.165) is 30.0 Å². The third-order valence-corrected chi connectivity index (χ3v) is 5.32. The van der Waals surface area contributed by atoms with Gasteiger partial charge in [-0.3, -0.25) is 0 Å². The molecule has 1 atom stereocenters. The van der Waals surface area contributed by atoms with Gasteiger partial charge in [-0.05, 0) is 61.2 Å². The van der Waals surface area contributed by atoms with Crippen LogP contribution in [0.15, 0.2) is 30.3 Å². The summed E-state index contributed by atoms with van der Waals surface area (Å²) in [6.07, 6.45) is 1.01. The zero-order chi connectivity index (χ0) is 17.6. The first-order valence-electron chi connectivity index (χ1n) is 8.69. The minimum atomic E-state index is 0.108. The molecule has 0 saturated heterocycles. The van der Waals surface area contributed by atoms with Gasteiger partial charge in [0.15, 0.2) is 0 Å². The number of rotatable bonds is 3. The molecule has 1 aromatic heterocycles. The molecule has 1 aliphatic rings. The maximum Gasteiger partial charge on any atom is 0.124 e. The summed E-state index contributed by atoms with van der Waals surface area (Å²) in [6, 6.07) is 10.7. The molecule has 0 bridgehead atoms. The second kappa shape index (κ2) is 6.12. The van der Waals surface area contributed by atoms with E-state index in [-0.39, 0.29) is 6.04 Å². The van der Waals surface area contributed by atoms with E-state index in [0.29, 0.717) is 0 Å². The molecule has 25 heavy (non-hydrogen) atoms. The van der Waals surface area contributed by atoms with Gasteiger partial charge in [-0.2, -0.15) is 0 Å². The number of fused-ring (bicyclic) bond motifs is 3. The van der Waals surface area contributed by atoms with E-state index in [1.807, 2.05) is 6.07 Å². The third-order valence-electron chi connectivity index (χ3n) is 5.32. The zero-order valence-electron chi connectivity index (χ0n) is 15.2. The van der Waals surface area contributed by atoms with Crippen LogP contribution in [-0.2, 0) is 6.42 Å².